The maximum Gasteiger partial charge on any atom is 0.0346 e. The van der Waals surface area contributed by atoms with Crippen LogP contribution in [0.1, 0.15) is 30.9 Å². The Balaban J connectivity index is 1.76. The van der Waals surface area contributed by atoms with Crippen molar-refractivity contribution in [3.8, 4) is 0 Å². The summed E-state index contributed by atoms with van der Waals surface area (Å²) in [5.74, 6) is 0.743. The van der Waals surface area contributed by atoms with Gasteiger partial charge in [-0.05, 0) is 60.7 Å². The van der Waals surface area contributed by atoms with Crippen LogP contribution in [0.25, 0.3) is 10.1 Å². The molecule has 1 fully saturated rings. The Morgan fingerprint density at radius 1 is 1.39 bits per heavy atom. The van der Waals surface area contributed by atoms with Crippen molar-refractivity contribution in [2.24, 2.45) is 11.7 Å². The minimum Gasteiger partial charge on any atom is -0.324 e. The lowest BCUT2D eigenvalue weighted by atomic mass is 9.90. The van der Waals surface area contributed by atoms with Crippen molar-refractivity contribution in [1.82, 2.24) is 5.32 Å². The van der Waals surface area contributed by atoms with Gasteiger partial charge in [-0.1, -0.05) is 18.2 Å². The van der Waals surface area contributed by atoms with Gasteiger partial charge in [0.05, 0.1) is 0 Å². The molecule has 96 valence electrons. The molecule has 0 saturated carbocycles. The molecule has 0 spiro atoms. The highest BCUT2D eigenvalue weighted by Crippen LogP contribution is 2.32. The first-order chi connectivity index (χ1) is 8.84. The van der Waals surface area contributed by atoms with Crippen LogP contribution in [0.5, 0.6) is 0 Å². The maximum absolute atomic E-state index is 6.42. The molecule has 1 aliphatic heterocycles. The Labute approximate surface area is 112 Å². The van der Waals surface area contributed by atoms with Gasteiger partial charge in [0.1, 0.15) is 0 Å². The van der Waals surface area contributed by atoms with Crippen molar-refractivity contribution in [3.63, 3.8) is 0 Å². The number of benzene rings is 1. The molecule has 1 aromatic heterocycles. The number of fused-ring (bicyclic) bond motifs is 1. The fraction of sp³-hybridized carbons (Fsp3) is 0.467. The van der Waals surface area contributed by atoms with E-state index in [1.165, 1.54) is 35.0 Å². The fourth-order valence-electron chi connectivity index (χ4n) is 2.90. The lowest BCUT2D eigenvalue weighted by molar-refractivity contribution is 0.337. The summed E-state index contributed by atoms with van der Waals surface area (Å²) in [6.45, 7) is 2.31. The van der Waals surface area contributed by atoms with E-state index in [4.69, 9.17) is 5.73 Å². The molecule has 0 amide bonds. The van der Waals surface area contributed by atoms with E-state index in [0.29, 0.717) is 0 Å². The van der Waals surface area contributed by atoms with E-state index >= 15 is 0 Å². The zero-order chi connectivity index (χ0) is 12.4. The topological polar surface area (TPSA) is 38.0 Å². The van der Waals surface area contributed by atoms with Crippen LogP contribution >= 0.6 is 11.3 Å². The lowest BCUT2D eigenvalue weighted by Gasteiger charge is -2.25. The Kier molecular flexibility index (Phi) is 3.64. The second-order valence-corrected chi connectivity index (χ2v) is 6.15. The highest BCUT2D eigenvalue weighted by atomic mass is 32.1. The third kappa shape index (κ3) is 2.44. The van der Waals surface area contributed by atoms with Crippen molar-refractivity contribution in [3.05, 3.63) is 35.2 Å². The Hall–Kier alpha value is -0.900. The van der Waals surface area contributed by atoms with Crippen LogP contribution in [-0.2, 0) is 0 Å². The van der Waals surface area contributed by atoms with E-state index in [0.717, 1.165) is 18.9 Å². The van der Waals surface area contributed by atoms with Crippen molar-refractivity contribution in [2.75, 3.05) is 13.1 Å². The van der Waals surface area contributed by atoms with Gasteiger partial charge in [-0.25, -0.2) is 0 Å². The average molecular weight is 260 g/mol. The van der Waals surface area contributed by atoms with Crippen molar-refractivity contribution >= 4 is 21.4 Å². The molecule has 2 aromatic rings. The van der Waals surface area contributed by atoms with Gasteiger partial charge in [-0.15, -0.1) is 11.3 Å². The highest BCUT2D eigenvalue weighted by Gasteiger charge is 2.19. The van der Waals surface area contributed by atoms with Crippen molar-refractivity contribution in [2.45, 2.75) is 25.3 Å². The van der Waals surface area contributed by atoms with Crippen LogP contribution in [0.15, 0.2) is 29.6 Å². The maximum atomic E-state index is 6.42. The van der Waals surface area contributed by atoms with E-state index in [1.54, 1.807) is 0 Å². The van der Waals surface area contributed by atoms with Crippen molar-refractivity contribution in [1.29, 1.82) is 0 Å². The molecule has 18 heavy (non-hydrogen) atoms. The smallest absolute Gasteiger partial charge is 0.0346 e. The molecule has 3 heteroatoms. The molecule has 2 atom stereocenters. The summed E-state index contributed by atoms with van der Waals surface area (Å²) in [7, 11) is 0. The highest BCUT2D eigenvalue weighted by molar-refractivity contribution is 7.17. The van der Waals surface area contributed by atoms with Crippen LogP contribution in [0, 0.1) is 5.92 Å². The van der Waals surface area contributed by atoms with Gasteiger partial charge in [0.2, 0.25) is 0 Å². The normalized spacial score (nSPS) is 22.2. The first kappa shape index (κ1) is 12.2. The average Bonchev–Trinajstić information content (AvgIpc) is 2.84. The summed E-state index contributed by atoms with van der Waals surface area (Å²) in [6, 6.07) is 8.76. The molecule has 3 N–H and O–H groups in total. The largest absolute Gasteiger partial charge is 0.324 e. The molecular formula is C15H20N2S. The number of rotatable bonds is 3. The van der Waals surface area contributed by atoms with Gasteiger partial charge in [-0.3, -0.25) is 0 Å². The molecule has 2 unspecified atom stereocenters. The van der Waals surface area contributed by atoms with Crippen LogP contribution in [0.4, 0.5) is 0 Å². The number of thiophene rings is 1. The third-order valence-electron chi connectivity index (χ3n) is 3.90. The standard InChI is InChI=1S/C15H20N2S/c16-14(8-11-4-3-7-17-9-11)13-10-18-15-6-2-1-5-12(13)15/h1-2,5-6,10-11,14,17H,3-4,7-9,16H2. The molecule has 0 aliphatic carbocycles. The monoisotopic (exact) mass is 260 g/mol. The van der Waals surface area contributed by atoms with Crippen LogP contribution in [-0.4, -0.2) is 13.1 Å². The Morgan fingerprint density at radius 2 is 2.28 bits per heavy atom. The summed E-state index contributed by atoms with van der Waals surface area (Å²) in [4.78, 5) is 0. The van der Waals surface area contributed by atoms with Crippen LogP contribution < -0.4 is 11.1 Å². The third-order valence-corrected chi connectivity index (χ3v) is 4.88. The molecule has 3 rings (SSSR count). The molecule has 2 heterocycles. The minimum atomic E-state index is 0.186. The summed E-state index contributed by atoms with van der Waals surface area (Å²) in [5.41, 5.74) is 7.75. The summed E-state index contributed by atoms with van der Waals surface area (Å²) >= 11 is 1.81. The first-order valence-electron chi connectivity index (χ1n) is 6.77. The second-order valence-electron chi connectivity index (χ2n) is 5.24. The molecular weight excluding hydrogens is 240 g/mol. The molecule has 0 bridgehead atoms. The predicted octanol–water partition coefficient (Wildman–Crippen LogP) is 3.29. The Morgan fingerprint density at radius 3 is 3.11 bits per heavy atom. The predicted molar refractivity (Wildman–Crippen MR) is 79.0 cm³/mol. The van der Waals surface area contributed by atoms with E-state index in [2.05, 4.69) is 35.0 Å². The quantitative estimate of drug-likeness (QED) is 0.888. The molecule has 1 aromatic carbocycles. The van der Waals surface area contributed by atoms with Gasteiger partial charge in [0.25, 0.3) is 0 Å². The van der Waals surface area contributed by atoms with E-state index in [-0.39, 0.29) is 6.04 Å². The van der Waals surface area contributed by atoms with E-state index < -0.39 is 0 Å². The zero-order valence-electron chi connectivity index (χ0n) is 10.6. The van der Waals surface area contributed by atoms with Gasteiger partial charge >= 0.3 is 0 Å². The van der Waals surface area contributed by atoms with Gasteiger partial charge in [-0.2, -0.15) is 0 Å². The number of hydrogen-bond donors (Lipinski definition) is 2. The van der Waals surface area contributed by atoms with Gasteiger partial charge < -0.3 is 11.1 Å². The first-order valence-corrected chi connectivity index (χ1v) is 7.65. The van der Waals surface area contributed by atoms with E-state index in [9.17, 15) is 0 Å². The lowest BCUT2D eigenvalue weighted by Crippen LogP contribution is -2.31. The SMILES string of the molecule is NC(CC1CCCNC1)c1csc2ccccc12. The summed E-state index contributed by atoms with van der Waals surface area (Å²) in [5, 5.41) is 7.06. The number of piperidine rings is 1. The molecule has 0 radical (unpaired) electrons. The minimum absolute atomic E-state index is 0.186. The van der Waals surface area contributed by atoms with Gasteiger partial charge in [0, 0.05) is 10.7 Å². The summed E-state index contributed by atoms with van der Waals surface area (Å²) < 4.78 is 1.35. The van der Waals surface area contributed by atoms with Gasteiger partial charge in [0.15, 0.2) is 0 Å². The number of hydrogen-bond acceptors (Lipinski definition) is 3. The molecule has 1 aliphatic rings. The molecule has 2 nitrogen and oxygen atoms in total. The summed E-state index contributed by atoms with van der Waals surface area (Å²) in [6.07, 6.45) is 3.72. The second kappa shape index (κ2) is 5.39. The zero-order valence-corrected chi connectivity index (χ0v) is 11.4. The van der Waals surface area contributed by atoms with E-state index in [1.807, 2.05) is 11.3 Å². The van der Waals surface area contributed by atoms with Crippen LogP contribution in [0.3, 0.4) is 0 Å². The molecule has 1 saturated heterocycles. The Bertz CT molecular complexity index is 514. The number of nitrogens with two attached hydrogens (primary N) is 1. The van der Waals surface area contributed by atoms with Crippen molar-refractivity contribution < 1.29 is 0 Å². The fourth-order valence-corrected chi connectivity index (χ4v) is 3.92. The number of nitrogens with one attached hydrogen (secondary N) is 1. The van der Waals surface area contributed by atoms with Crippen LogP contribution in [0.2, 0.25) is 0 Å².